The average molecular weight is 328 g/mol. The van der Waals surface area contributed by atoms with E-state index in [9.17, 15) is 4.39 Å². The van der Waals surface area contributed by atoms with Gasteiger partial charge in [-0.25, -0.2) is 14.4 Å². The zero-order valence-electron chi connectivity index (χ0n) is 12.9. The van der Waals surface area contributed by atoms with Crippen LogP contribution in [0.4, 0.5) is 10.2 Å². The summed E-state index contributed by atoms with van der Waals surface area (Å²) in [6.07, 6.45) is 3.31. The van der Waals surface area contributed by atoms with Crippen LogP contribution in [0.3, 0.4) is 0 Å². The molecule has 2 N–H and O–H groups in total. The van der Waals surface area contributed by atoms with Gasteiger partial charge < -0.3 is 15.2 Å². The van der Waals surface area contributed by atoms with Crippen molar-refractivity contribution in [3.63, 3.8) is 0 Å². The molecule has 24 heavy (non-hydrogen) atoms. The summed E-state index contributed by atoms with van der Waals surface area (Å²) in [5.41, 5.74) is 1.33. The van der Waals surface area contributed by atoms with E-state index < -0.39 is 0 Å². The van der Waals surface area contributed by atoms with Gasteiger partial charge in [0.1, 0.15) is 11.6 Å². The lowest BCUT2D eigenvalue weighted by molar-refractivity contribution is 0.0992. The molecule has 2 heterocycles. The van der Waals surface area contributed by atoms with E-state index >= 15 is 0 Å². The van der Waals surface area contributed by atoms with E-state index in [1.165, 1.54) is 12.1 Å². The van der Waals surface area contributed by atoms with Crippen LogP contribution in [0, 0.1) is 5.82 Å². The first-order chi connectivity index (χ1) is 11.8. The van der Waals surface area contributed by atoms with Crippen molar-refractivity contribution in [2.45, 2.75) is 0 Å². The van der Waals surface area contributed by atoms with Crippen molar-refractivity contribution in [1.82, 2.24) is 15.0 Å². The fraction of sp³-hybridized carbons (Fsp3) is 0.235. The van der Waals surface area contributed by atoms with Crippen molar-refractivity contribution in [1.29, 1.82) is 0 Å². The maximum atomic E-state index is 13.6. The van der Waals surface area contributed by atoms with Gasteiger partial charge in [-0.05, 0) is 24.3 Å². The fourth-order valence-electron chi connectivity index (χ4n) is 2.28. The molecule has 0 atom stereocenters. The number of halogens is 1. The Kier molecular flexibility index (Phi) is 5.25. The highest BCUT2D eigenvalue weighted by Gasteiger charge is 2.10. The van der Waals surface area contributed by atoms with Crippen LogP contribution in [0.2, 0.25) is 0 Å². The van der Waals surface area contributed by atoms with E-state index in [4.69, 9.17) is 9.84 Å². The number of anilines is 1. The van der Waals surface area contributed by atoms with Gasteiger partial charge in [-0.2, -0.15) is 0 Å². The van der Waals surface area contributed by atoms with Crippen molar-refractivity contribution in [3.05, 3.63) is 48.5 Å². The molecule has 3 aromatic rings. The third-order valence-corrected chi connectivity index (χ3v) is 3.37. The zero-order chi connectivity index (χ0) is 16.8. The Bertz CT molecular complexity index is 814. The lowest BCUT2D eigenvalue weighted by atomic mass is 10.2. The number of aromatic nitrogens is 3. The van der Waals surface area contributed by atoms with E-state index in [0.29, 0.717) is 36.9 Å². The highest BCUT2D eigenvalue weighted by molar-refractivity contribution is 5.90. The Morgan fingerprint density at radius 2 is 1.92 bits per heavy atom. The smallest absolute Gasteiger partial charge is 0.162 e. The predicted octanol–water partition coefficient (Wildman–Crippen LogP) is 2.25. The van der Waals surface area contributed by atoms with Crippen molar-refractivity contribution in [2.24, 2.45) is 0 Å². The van der Waals surface area contributed by atoms with Crippen LogP contribution in [0.1, 0.15) is 0 Å². The molecule has 0 spiro atoms. The Morgan fingerprint density at radius 1 is 1.08 bits per heavy atom. The van der Waals surface area contributed by atoms with Crippen LogP contribution in [-0.4, -0.2) is 46.4 Å². The predicted molar refractivity (Wildman–Crippen MR) is 89.1 cm³/mol. The molecule has 3 rings (SSSR count). The van der Waals surface area contributed by atoms with Gasteiger partial charge in [0.15, 0.2) is 5.82 Å². The summed E-state index contributed by atoms with van der Waals surface area (Å²) in [5.74, 6) is 0.757. The third kappa shape index (κ3) is 3.81. The summed E-state index contributed by atoms with van der Waals surface area (Å²) in [5, 5.41) is 12.6. The van der Waals surface area contributed by atoms with Gasteiger partial charge in [0.25, 0.3) is 0 Å². The normalized spacial score (nSPS) is 10.9. The van der Waals surface area contributed by atoms with Gasteiger partial charge in [0.2, 0.25) is 0 Å². The lowest BCUT2D eigenvalue weighted by Crippen LogP contribution is -2.13. The van der Waals surface area contributed by atoms with Crippen molar-refractivity contribution in [3.8, 4) is 11.4 Å². The quantitative estimate of drug-likeness (QED) is 0.648. The SMILES string of the molecule is OCCOCCNc1nc(-c2ccncc2)nc2cc(F)ccc12. The van der Waals surface area contributed by atoms with E-state index in [1.54, 1.807) is 30.6 Å². The Labute approximate surface area is 138 Å². The standard InChI is InChI=1S/C17H17FN4O2/c18-13-1-2-14-15(11-13)21-16(12-3-5-19-6-4-12)22-17(14)20-7-9-24-10-8-23/h1-6,11,23H,7-10H2,(H,20,21,22). The fourth-order valence-corrected chi connectivity index (χ4v) is 2.28. The van der Waals surface area contributed by atoms with Crippen LogP contribution >= 0.6 is 0 Å². The molecular formula is C17H17FN4O2. The Hall–Kier alpha value is -2.64. The molecule has 7 heteroatoms. The summed E-state index contributed by atoms with van der Waals surface area (Å²) in [6.45, 7) is 1.22. The van der Waals surface area contributed by atoms with Crippen LogP contribution in [0.5, 0.6) is 0 Å². The highest BCUT2D eigenvalue weighted by atomic mass is 19.1. The molecule has 0 fully saturated rings. The molecule has 0 amide bonds. The summed E-state index contributed by atoms with van der Waals surface area (Å²) >= 11 is 0. The number of aliphatic hydroxyl groups is 1. The zero-order valence-corrected chi connectivity index (χ0v) is 12.9. The maximum absolute atomic E-state index is 13.6. The Morgan fingerprint density at radius 3 is 2.71 bits per heavy atom. The van der Waals surface area contributed by atoms with Gasteiger partial charge in [0, 0.05) is 36.0 Å². The number of hydrogen-bond donors (Lipinski definition) is 2. The summed E-state index contributed by atoms with van der Waals surface area (Å²) in [6, 6.07) is 8.02. The van der Waals surface area contributed by atoms with E-state index in [0.717, 1.165) is 10.9 Å². The molecule has 0 radical (unpaired) electrons. The number of hydrogen-bond acceptors (Lipinski definition) is 6. The highest BCUT2D eigenvalue weighted by Crippen LogP contribution is 2.25. The van der Waals surface area contributed by atoms with E-state index in [-0.39, 0.29) is 12.4 Å². The molecule has 6 nitrogen and oxygen atoms in total. The molecule has 1 aromatic carbocycles. The van der Waals surface area contributed by atoms with E-state index in [1.807, 2.05) is 0 Å². The molecular weight excluding hydrogens is 311 g/mol. The summed E-state index contributed by atoms with van der Waals surface area (Å²) in [7, 11) is 0. The molecule has 0 aliphatic rings. The summed E-state index contributed by atoms with van der Waals surface area (Å²) < 4.78 is 18.8. The van der Waals surface area contributed by atoms with Crippen molar-refractivity contribution in [2.75, 3.05) is 31.7 Å². The number of rotatable bonds is 7. The Balaban J connectivity index is 1.93. The van der Waals surface area contributed by atoms with Gasteiger partial charge in [0.05, 0.1) is 25.3 Å². The number of pyridine rings is 1. The molecule has 124 valence electrons. The molecule has 2 aromatic heterocycles. The minimum absolute atomic E-state index is 0.0120. The number of nitrogens with one attached hydrogen (secondary N) is 1. The van der Waals surface area contributed by atoms with Crippen molar-refractivity contribution >= 4 is 16.7 Å². The number of ether oxygens (including phenoxy) is 1. The second kappa shape index (κ2) is 7.76. The maximum Gasteiger partial charge on any atom is 0.162 e. The average Bonchev–Trinajstić information content (AvgIpc) is 2.61. The van der Waals surface area contributed by atoms with Crippen molar-refractivity contribution < 1.29 is 14.2 Å². The number of nitrogens with zero attached hydrogens (tertiary/aromatic N) is 3. The molecule has 0 aliphatic carbocycles. The monoisotopic (exact) mass is 328 g/mol. The molecule has 0 saturated heterocycles. The topological polar surface area (TPSA) is 80.2 Å². The van der Waals surface area contributed by atoms with Crippen LogP contribution in [0.15, 0.2) is 42.7 Å². The van der Waals surface area contributed by atoms with Crippen LogP contribution < -0.4 is 5.32 Å². The number of aliphatic hydroxyl groups excluding tert-OH is 1. The largest absolute Gasteiger partial charge is 0.394 e. The number of benzene rings is 1. The minimum Gasteiger partial charge on any atom is -0.394 e. The second-order valence-corrected chi connectivity index (χ2v) is 5.06. The minimum atomic E-state index is -0.348. The summed E-state index contributed by atoms with van der Waals surface area (Å²) in [4.78, 5) is 13.0. The first kappa shape index (κ1) is 16.2. The van der Waals surface area contributed by atoms with E-state index in [2.05, 4.69) is 20.3 Å². The third-order valence-electron chi connectivity index (χ3n) is 3.37. The first-order valence-corrected chi connectivity index (χ1v) is 7.58. The van der Waals surface area contributed by atoms with Gasteiger partial charge in [-0.1, -0.05) is 0 Å². The van der Waals surface area contributed by atoms with Gasteiger partial charge >= 0.3 is 0 Å². The molecule has 0 saturated carbocycles. The van der Waals surface area contributed by atoms with Gasteiger partial charge in [-0.3, -0.25) is 4.98 Å². The van der Waals surface area contributed by atoms with Crippen LogP contribution in [-0.2, 0) is 4.74 Å². The lowest BCUT2D eigenvalue weighted by Gasteiger charge is -2.11. The van der Waals surface area contributed by atoms with Gasteiger partial charge in [-0.15, -0.1) is 0 Å². The van der Waals surface area contributed by atoms with Crippen LogP contribution in [0.25, 0.3) is 22.3 Å². The second-order valence-electron chi connectivity index (χ2n) is 5.06. The number of fused-ring (bicyclic) bond motifs is 1. The molecule has 0 aliphatic heterocycles. The first-order valence-electron chi connectivity index (χ1n) is 7.58. The molecule has 0 bridgehead atoms. The molecule has 0 unspecified atom stereocenters.